The van der Waals surface area contributed by atoms with Crippen molar-refractivity contribution < 1.29 is 9.59 Å². The zero-order valence-corrected chi connectivity index (χ0v) is 23.5. The summed E-state index contributed by atoms with van der Waals surface area (Å²) in [5.74, 6) is 1.93. The molecule has 1 saturated heterocycles. The molecule has 2 heterocycles. The van der Waals surface area contributed by atoms with E-state index in [0.717, 1.165) is 79.3 Å². The molecule has 4 rings (SSSR count). The number of rotatable bonds is 8. The molecule has 0 aromatic rings. The van der Waals surface area contributed by atoms with Crippen molar-refractivity contribution in [1.29, 1.82) is 5.26 Å². The minimum atomic E-state index is -0.220. The van der Waals surface area contributed by atoms with Crippen LogP contribution in [0.1, 0.15) is 90.9 Å². The Balaban J connectivity index is 1.44. The minimum Gasteiger partial charge on any atom is -0.353 e. The van der Waals surface area contributed by atoms with Gasteiger partial charge in [0.05, 0.1) is 22.4 Å². The highest BCUT2D eigenvalue weighted by Crippen LogP contribution is 2.44. The molecule has 2 atom stereocenters. The van der Waals surface area contributed by atoms with Crippen molar-refractivity contribution in [3.63, 3.8) is 0 Å². The molecule has 2 aliphatic heterocycles. The van der Waals surface area contributed by atoms with Gasteiger partial charge in [0.1, 0.15) is 0 Å². The number of dihydropyridines is 1. The molecule has 8 heteroatoms. The molecule has 2 saturated carbocycles. The van der Waals surface area contributed by atoms with Crippen LogP contribution in [0.5, 0.6) is 0 Å². The molecule has 36 heavy (non-hydrogen) atoms. The Morgan fingerprint density at radius 2 is 1.75 bits per heavy atom. The number of amides is 2. The Morgan fingerprint density at radius 3 is 2.39 bits per heavy atom. The number of hydrogen-bond donors (Lipinski definition) is 3. The normalized spacial score (nSPS) is 29.5. The van der Waals surface area contributed by atoms with Gasteiger partial charge in [0.2, 0.25) is 11.8 Å². The Bertz CT molecular complexity index is 905. The van der Waals surface area contributed by atoms with E-state index in [2.05, 4.69) is 28.9 Å². The van der Waals surface area contributed by atoms with Gasteiger partial charge in [-0.2, -0.15) is 17.0 Å². The molecule has 4 aliphatic rings. The van der Waals surface area contributed by atoms with Crippen molar-refractivity contribution in [3.05, 3.63) is 21.9 Å². The molecule has 0 spiro atoms. The summed E-state index contributed by atoms with van der Waals surface area (Å²) in [6, 6.07) is 2.94. The third-order valence-corrected chi connectivity index (χ3v) is 10.8. The Labute approximate surface area is 225 Å². The van der Waals surface area contributed by atoms with Gasteiger partial charge in [0.15, 0.2) is 0 Å². The van der Waals surface area contributed by atoms with Gasteiger partial charge in [-0.15, -0.1) is 0 Å². The van der Waals surface area contributed by atoms with Crippen molar-refractivity contribution in [3.8, 4) is 6.07 Å². The summed E-state index contributed by atoms with van der Waals surface area (Å²) in [7, 11) is 0. The molecule has 0 bridgehead atoms. The maximum Gasteiger partial charge on any atom is 0.249 e. The van der Waals surface area contributed by atoms with Crippen LogP contribution in [-0.4, -0.2) is 40.7 Å². The fourth-order valence-electron chi connectivity index (χ4n) is 6.24. The molecule has 0 aromatic heterocycles. The summed E-state index contributed by atoms with van der Waals surface area (Å²) < 4.78 is 0. The Morgan fingerprint density at radius 1 is 1.03 bits per heavy atom. The topological polar surface area (TPSA) is 94.0 Å². The number of carbonyl (C=O) groups is 2. The van der Waals surface area contributed by atoms with E-state index < -0.39 is 0 Å². The third-order valence-electron chi connectivity index (χ3n) is 8.35. The predicted octanol–water partition coefficient (Wildman–Crippen LogP) is 5.38. The molecule has 6 nitrogen and oxygen atoms in total. The summed E-state index contributed by atoms with van der Waals surface area (Å²) in [6.07, 6.45) is 13.5. The van der Waals surface area contributed by atoms with Crippen LogP contribution in [0.4, 0.5) is 0 Å². The number of allylic oxidation sites excluding steroid dienone is 2. The van der Waals surface area contributed by atoms with Crippen LogP contribution >= 0.6 is 23.5 Å². The average molecular weight is 531 g/mol. The van der Waals surface area contributed by atoms with E-state index in [1.165, 1.54) is 37.4 Å². The molecule has 3 fully saturated rings. The second kappa shape index (κ2) is 13.3. The highest BCUT2D eigenvalue weighted by atomic mass is 32.2. The van der Waals surface area contributed by atoms with Gasteiger partial charge in [-0.1, -0.05) is 44.4 Å². The fraction of sp³-hybridized carbons (Fsp3) is 0.750. The molecule has 0 radical (unpaired) electrons. The first-order valence-corrected chi connectivity index (χ1v) is 16.0. The number of nitrogens with one attached hydrogen (secondary N) is 3. The number of nitrogens with zero attached hydrogens (tertiary/aromatic N) is 1. The molecule has 2 aliphatic carbocycles. The van der Waals surface area contributed by atoms with Crippen LogP contribution in [0, 0.1) is 23.2 Å². The van der Waals surface area contributed by atoms with Crippen molar-refractivity contribution in [2.24, 2.45) is 11.8 Å². The zero-order valence-electron chi connectivity index (χ0n) is 21.9. The third kappa shape index (κ3) is 6.83. The van der Waals surface area contributed by atoms with Gasteiger partial charge in [-0.05, 0) is 70.0 Å². The quantitative estimate of drug-likeness (QED) is 0.390. The van der Waals surface area contributed by atoms with E-state index in [1.54, 1.807) is 0 Å². The lowest BCUT2D eigenvalue weighted by molar-refractivity contribution is -0.120. The van der Waals surface area contributed by atoms with Gasteiger partial charge in [0, 0.05) is 34.5 Å². The summed E-state index contributed by atoms with van der Waals surface area (Å²) in [4.78, 5) is 26.3. The molecule has 2 unspecified atom stereocenters. The highest BCUT2D eigenvalue weighted by molar-refractivity contribution is 8.03. The minimum absolute atomic E-state index is 0.0263. The van der Waals surface area contributed by atoms with Crippen molar-refractivity contribution in [2.75, 3.05) is 11.5 Å². The smallest absolute Gasteiger partial charge is 0.249 e. The molecule has 198 valence electrons. The molecule has 2 amide bonds. The van der Waals surface area contributed by atoms with Crippen LogP contribution in [0.3, 0.4) is 0 Å². The fourth-order valence-corrected chi connectivity index (χ4v) is 8.59. The van der Waals surface area contributed by atoms with Crippen molar-refractivity contribution in [2.45, 2.75) is 108 Å². The number of nitriles is 1. The van der Waals surface area contributed by atoms with E-state index in [-0.39, 0.29) is 40.8 Å². The van der Waals surface area contributed by atoms with Gasteiger partial charge < -0.3 is 16.0 Å². The molecular formula is C28H42N4O2S2. The van der Waals surface area contributed by atoms with E-state index in [4.69, 9.17) is 0 Å². The lowest BCUT2D eigenvalue weighted by Crippen LogP contribution is -2.43. The monoisotopic (exact) mass is 530 g/mol. The van der Waals surface area contributed by atoms with Crippen LogP contribution in [-0.2, 0) is 9.59 Å². The SMILES string of the molecule is CCC1CCC(NC(=O)CSC2=C(C#N)C(C3CCCS3)C(C(=O)NC3CCCCC3)=C(C)N2)CC1. The standard InChI is InChI=1S/C28H42N4O2S2/c1-3-19-11-13-21(14-12-19)31-24(33)17-36-28-22(16-29)26(23-10-7-15-35-23)25(18(2)30-28)27(34)32-20-8-5-4-6-9-20/h19-21,23,26,30H,3-15,17H2,1-2H3,(H,31,33)(H,32,34). The van der Waals surface area contributed by atoms with Crippen LogP contribution in [0.15, 0.2) is 21.9 Å². The first kappa shape index (κ1) is 27.4. The maximum absolute atomic E-state index is 13.5. The molecule has 3 N–H and O–H groups in total. The summed E-state index contributed by atoms with van der Waals surface area (Å²) in [5.41, 5.74) is 2.16. The van der Waals surface area contributed by atoms with Crippen molar-refractivity contribution in [1.82, 2.24) is 16.0 Å². The molecule has 0 aromatic carbocycles. The number of carbonyl (C=O) groups excluding carboxylic acids is 2. The van der Waals surface area contributed by atoms with E-state index in [9.17, 15) is 14.9 Å². The van der Waals surface area contributed by atoms with Crippen LogP contribution < -0.4 is 16.0 Å². The van der Waals surface area contributed by atoms with Crippen LogP contribution in [0.25, 0.3) is 0 Å². The second-order valence-corrected chi connectivity index (χ2v) is 13.2. The van der Waals surface area contributed by atoms with Crippen molar-refractivity contribution >= 4 is 35.3 Å². The predicted molar refractivity (Wildman–Crippen MR) is 149 cm³/mol. The lowest BCUT2D eigenvalue weighted by atomic mass is 9.83. The number of thioether (sulfide) groups is 2. The average Bonchev–Trinajstić information content (AvgIpc) is 3.42. The Kier molecular flexibility index (Phi) is 10.1. The number of hydrogen-bond acceptors (Lipinski definition) is 6. The van der Waals surface area contributed by atoms with Gasteiger partial charge in [-0.3, -0.25) is 9.59 Å². The first-order chi connectivity index (χ1) is 17.5. The highest BCUT2D eigenvalue weighted by Gasteiger charge is 2.40. The first-order valence-electron chi connectivity index (χ1n) is 14.0. The summed E-state index contributed by atoms with van der Waals surface area (Å²) in [6.45, 7) is 4.19. The van der Waals surface area contributed by atoms with Gasteiger partial charge in [0.25, 0.3) is 0 Å². The van der Waals surface area contributed by atoms with E-state index in [1.807, 2.05) is 18.7 Å². The van der Waals surface area contributed by atoms with Gasteiger partial charge in [-0.25, -0.2) is 0 Å². The lowest BCUT2D eigenvalue weighted by Gasteiger charge is -2.34. The maximum atomic E-state index is 13.5. The Hall–Kier alpha value is -1.59. The second-order valence-electron chi connectivity index (χ2n) is 10.8. The largest absolute Gasteiger partial charge is 0.353 e. The summed E-state index contributed by atoms with van der Waals surface area (Å²) in [5, 5.41) is 21.1. The van der Waals surface area contributed by atoms with Gasteiger partial charge >= 0.3 is 0 Å². The van der Waals surface area contributed by atoms with Crippen LogP contribution in [0.2, 0.25) is 0 Å². The van der Waals surface area contributed by atoms with E-state index in [0.29, 0.717) is 5.57 Å². The van der Waals surface area contributed by atoms with E-state index >= 15 is 0 Å². The zero-order chi connectivity index (χ0) is 25.5. The summed E-state index contributed by atoms with van der Waals surface area (Å²) >= 11 is 3.28. The molecular weight excluding hydrogens is 488 g/mol.